The Morgan fingerprint density at radius 1 is 1.03 bits per heavy atom. The molecular formula is C23H21F3N4O4S. The number of nitrogens with zero attached hydrogens (tertiary/aromatic N) is 3. The van der Waals surface area contributed by atoms with Crippen LogP contribution in [0.25, 0.3) is 10.9 Å². The number of aromatic nitrogens is 1. The van der Waals surface area contributed by atoms with E-state index in [0.717, 1.165) is 45.8 Å². The molecule has 1 N–H and O–H groups in total. The predicted molar refractivity (Wildman–Crippen MR) is 123 cm³/mol. The number of rotatable bonds is 5. The van der Waals surface area contributed by atoms with Crippen LogP contribution < -0.4 is 10.2 Å². The number of hydrogen-bond acceptors (Lipinski definition) is 6. The lowest BCUT2D eigenvalue weighted by Gasteiger charge is -2.28. The molecule has 8 nitrogen and oxygen atoms in total. The van der Waals surface area contributed by atoms with Gasteiger partial charge in [-0.05, 0) is 55.8 Å². The molecular weight excluding hydrogens is 485 g/mol. The number of imide groups is 1. The molecule has 1 aliphatic rings. The van der Waals surface area contributed by atoms with E-state index in [0.29, 0.717) is 5.52 Å². The summed E-state index contributed by atoms with van der Waals surface area (Å²) in [6, 6.07) is 10.1. The number of hydrogen-bond donors (Lipinski definition) is 1. The number of carbonyl (C=O) groups is 2. The number of sulfone groups is 1. The van der Waals surface area contributed by atoms with Gasteiger partial charge in [-0.3, -0.25) is 9.78 Å². The van der Waals surface area contributed by atoms with Crippen LogP contribution in [0.15, 0.2) is 59.6 Å². The zero-order valence-electron chi connectivity index (χ0n) is 18.9. The van der Waals surface area contributed by atoms with Gasteiger partial charge >= 0.3 is 11.5 Å². The first-order valence-electron chi connectivity index (χ1n) is 10.4. The Morgan fingerprint density at radius 3 is 2.29 bits per heavy atom. The van der Waals surface area contributed by atoms with E-state index in [4.69, 9.17) is 0 Å². The number of fused-ring (bicyclic) bond motifs is 1. The number of para-hydroxylation sites is 1. The van der Waals surface area contributed by atoms with E-state index in [9.17, 15) is 31.2 Å². The molecule has 4 rings (SSSR count). The van der Waals surface area contributed by atoms with Crippen molar-refractivity contribution in [3.05, 3.63) is 60.3 Å². The molecule has 0 unspecified atom stereocenters. The second-order valence-corrected chi connectivity index (χ2v) is 10.4. The molecule has 0 saturated carbocycles. The number of pyridine rings is 1. The SMILES string of the molecule is CNc1cccc2c(CN3C(=O)N(c4ccc(S(=O)(=O)C(F)(F)F)cc4)C(=O)C3(C)C)ccnc12. The van der Waals surface area contributed by atoms with Crippen molar-refractivity contribution in [1.82, 2.24) is 9.88 Å². The number of nitrogens with one attached hydrogen (secondary N) is 1. The Labute approximate surface area is 199 Å². The van der Waals surface area contributed by atoms with E-state index in [-0.39, 0.29) is 12.2 Å². The van der Waals surface area contributed by atoms with Crippen LogP contribution in [0.2, 0.25) is 0 Å². The second kappa shape index (κ2) is 8.22. The highest BCUT2D eigenvalue weighted by molar-refractivity contribution is 7.92. The molecule has 0 spiro atoms. The minimum Gasteiger partial charge on any atom is -0.386 e. The molecule has 184 valence electrons. The summed E-state index contributed by atoms with van der Waals surface area (Å²) in [5, 5.41) is 3.84. The van der Waals surface area contributed by atoms with Gasteiger partial charge in [0.1, 0.15) is 5.54 Å². The fourth-order valence-corrected chi connectivity index (χ4v) is 4.74. The molecule has 1 aliphatic heterocycles. The highest BCUT2D eigenvalue weighted by atomic mass is 32.2. The van der Waals surface area contributed by atoms with Gasteiger partial charge in [0, 0.05) is 25.2 Å². The molecule has 1 saturated heterocycles. The number of urea groups is 1. The fraction of sp³-hybridized carbons (Fsp3) is 0.261. The molecule has 0 radical (unpaired) electrons. The van der Waals surface area contributed by atoms with E-state index < -0.39 is 37.7 Å². The van der Waals surface area contributed by atoms with Gasteiger partial charge < -0.3 is 10.2 Å². The van der Waals surface area contributed by atoms with Crippen LogP contribution in [-0.2, 0) is 21.2 Å². The van der Waals surface area contributed by atoms with Crippen LogP contribution >= 0.6 is 0 Å². The molecule has 0 bridgehead atoms. The summed E-state index contributed by atoms with van der Waals surface area (Å²) in [5.74, 6) is -0.594. The van der Waals surface area contributed by atoms with Crippen molar-refractivity contribution in [3.8, 4) is 0 Å². The summed E-state index contributed by atoms with van der Waals surface area (Å²) < 4.78 is 61.8. The van der Waals surface area contributed by atoms with Crippen molar-refractivity contribution < 1.29 is 31.2 Å². The van der Waals surface area contributed by atoms with Gasteiger partial charge in [0.05, 0.1) is 21.8 Å². The minimum atomic E-state index is -5.55. The monoisotopic (exact) mass is 506 g/mol. The number of carbonyl (C=O) groups excluding carboxylic acids is 2. The maximum Gasteiger partial charge on any atom is 0.501 e. The Hall–Kier alpha value is -3.67. The first kappa shape index (κ1) is 24.5. The largest absolute Gasteiger partial charge is 0.501 e. The van der Waals surface area contributed by atoms with Gasteiger partial charge in [-0.2, -0.15) is 13.2 Å². The van der Waals surface area contributed by atoms with Crippen molar-refractivity contribution in [1.29, 1.82) is 0 Å². The zero-order valence-corrected chi connectivity index (χ0v) is 19.7. The lowest BCUT2D eigenvalue weighted by atomic mass is 10.0. The fourth-order valence-electron chi connectivity index (χ4n) is 3.98. The average Bonchev–Trinajstić information content (AvgIpc) is 2.97. The minimum absolute atomic E-state index is 0.0336. The number of halogens is 3. The highest BCUT2D eigenvalue weighted by Gasteiger charge is 2.52. The average molecular weight is 507 g/mol. The summed E-state index contributed by atoms with van der Waals surface area (Å²) in [6.45, 7) is 3.21. The summed E-state index contributed by atoms with van der Waals surface area (Å²) in [4.78, 5) is 32.1. The normalized spacial score (nSPS) is 16.3. The summed E-state index contributed by atoms with van der Waals surface area (Å²) in [7, 11) is -3.79. The van der Waals surface area contributed by atoms with Gasteiger partial charge in [0.15, 0.2) is 0 Å². The number of amides is 3. The van der Waals surface area contributed by atoms with Crippen molar-refractivity contribution in [2.45, 2.75) is 36.3 Å². The van der Waals surface area contributed by atoms with Gasteiger partial charge in [-0.1, -0.05) is 12.1 Å². The lowest BCUT2D eigenvalue weighted by Crippen LogP contribution is -2.43. The number of anilines is 2. The third-order valence-corrected chi connectivity index (χ3v) is 7.49. The maximum atomic E-state index is 13.3. The smallest absolute Gasteiger partial charge is 0.386 e. The van der Waals surface area contributed by atoms with E-state index >= 15 is 0 Å². The second-order valence-electron chi connectivity index (χ2n) is 8.43. The van der Waals surface area contributed by atoms with Crippen molar-refractivity contribution in [2.24, 2.45) is 0 Å². The van der Waals surface area contributed by atoms with Crippen LogP contribution in [-0.4, -0.2) is 48.3 Å². The zero-order chi connectivity index (χ0) is 25.8. The summed E-state index contributed by atoms with van der Waals surface area (Å²) >= 11 is 0. The van der Waals surface area contributed by atoms with Gasteiger partial charge in [-0.25, -0.2) is 18.1 Å². The Bertz CT molecular complexity index is 1440. The quantitative estimate of drug-likeness (QED) is 0.518. The van der Waals surface area contributed by atoms with E-state index in [1.54, 1.807) is 33.2 Å². The van der Waals surface area contributed by atoms with Gasteiger partial charge in [0.25, 0.3) is 15.7 Å². The van der Waals surface area contributed by atoms with Crippen molar-refractivity contribution in [2.75, 3.05) is 17.3 Å². The maximum absolute atomic E-state index is 13.3. The Balaban J connectivity index is 1.69. The topological polar surface area (TPSA) is 99.7 Å². The molecule has 0 atom stereocenters. The van der Waals surface area contributed by atoms with E-state index in [1.807, 2.05) is 18.2 Å². The van der Waals surface area contributed by atoms with Gasteiger partial charge in [0.2, 0.25) is 0 Å². The molecule has 3 amide bonds. The summed E-state index contributed by atoms with van der Waals surface area (Å²) in [5.41, 5.74) is -4.54. The van der Waals surface area contributed by atoms with Crippen LogP contribution in [0.1, 0.15) is 19.4 Å². The summed E-state index contributed by atoms with van der Waals surface area (Å²) in [6.07, 6.45) is 1.60. The molecule has 0 aliphatic carbocycles. The lowest BCUT2D eigenvalue weighted by molar-refractivity contribution is -0.123. The van der Waals surface area contributed by atoms with Crippen LogP contribution in [0.4, 0.5) is 29.3 Å². The highest BCUT2D eigenvalue weighted by Crippen LogP contribution is 2.36. The predicted octanol–water partition coefficient (Wildman–Crippen LogP) is 4.32. The third kappa shape index (κ3) is 3.87. The Morgan fingerprint density at radius 2 is 1.69 bits per heavy atom. The molecule has 1 fully saturated rings. The van der Waals surface area contributed by atoms with Crippen molar-refractivity contribution >= 4 is 44.1 Å². The number of benzene rings is 2. The molecule has 3 aromatic rings. The van der Waals surface area contributed by atoms with Crippen LogP contribution in [0.5, 0.6) is 0 Å². The molecule has 2 heterocycles. The molecule has 12 heteroatoms. The third-order valence-electron chi connectivity index (χ3n) is 5.99. The van der Waals surface area contributed by atoms with E-state index in [2.05, 4.69) is 10.3 Å². The first-order valence-corrected chi connectivity index (χ1v) is 11.9. The number of alkyl halides is 3. The van der Waals surface area contributed by atoms with Gasteiger partial charge in [-0.15, -0.1) is 0 Å². The van der Waals surface area contributed by atoms with E-state index in [1.165, 1.54) is 4.90 Å². The molecule has 35 heavy (non-hydrogen) atoms. The standard InChI is InChI=1S/C23H21F3N4O4S/c1-22(2)20(31)30(15-7-9-16(10-8-15)35(33,34)23(24,25)26)21(32)29(22)13-14-11-12-28-19-17(14)5-4-6-18(19)27-3/h4-12,27H,13H2,1-3H3. The molecule has 2 aromatic carbocycles. The van der Waals surface area contributed by atoms with Crippen LogP contribution in [0, 0.1) is 0 Å². The van der Waals surface area contributed by atoms with Crippen molar-refractivity contribution in [3.63, 3.8) is 0 Å². The van der Waals surface area contributed by atoms with Crippen LogP contribution in [0.3, 0.4) is 0 Å². The Kier molecular flexibility index (Phi) is 5.75. The molecule has 1 aromatic heterocycles. The first-order chi connectivity index (χ1) is 16.3.